The van der Waals surface area contributed by atoms with Crippen LogP contribution in [-0.4, -0.2) is 44.1 Å². The SMILES string of the molecule is O=C(N[C@@H]1CCN(Cc2ccc(F)cc2)C1=O)c1ccccc1Cn1cncn1. The molecule has 1 aromatic heterocycles. The van der Waals surface area contributed by atoms with Crippen LogP contribution < -0.4 is 5.32 Å². The Balaban J connectivity index is 1.41. The van der Waals surface area contributed by atoms with Crippen LogP contribution in [0.1, 0.15) is 27.9 Å². The van der Waals surface area contributed by atoms with Crippen LogP contribution >= 0.6 is 0 Å². The first-order valence-corrected chi connectivity index (χ1v) is 9.34. The summed E-state index contributed by atoms with van der Waals surface area (Å²) in [7, 11) is 0. The van der Waals surface area contributed by atoms with Gasteiger partial charge in [0.15, 0.2) is 0 Å². The highest BCUT2D eigenvalue weighted by atomic mass is 19.1. The molecule has 4 rings (SSSR count). The number of aromatic nitrogens is 3. The van der Waals surface area contributed by atoms with Gasteiger partial charge in [0, 0.05) is 18.7 Å². The predicted octanol–water partition coefficient (Wildman–Crippen LogP) is 2.00. The Bertz CT molecular complexity index is 1000. The number of carbonyl (C=O) groups is 2. The minimum Gasteiger partial charge on any atom is -0.340 e. The highest BCUT2D eigenvalue weighted by molar-refractivity contribution is 5.99. The van der Waals surface area contributed by atoms with E-state index in [1.54, 1.807) is 40.2 Å². The van der Waals surface area contributed by atoms with Gasteiger partial charge in [-0.05, 0) is 35.7 Å². The van der Waals surface area contributed by atoms with Crippen molar-refractivity contribution in [1.82, 2.24) is 25.0 Å². The minimum absolute atomic E-state index is 0.128. The zero-order valence-electron chi connectivity index (χ0n) is 15.7. The summed E-state index contributed by atoms with van der Waals surface area (Å²) in [5.74, 6) is -0.727. The van der Waals surface area contributed by atoms with Gasteiger partial charge in [0.05, 0.1) is 6.54 Å². The molecule has 29 heavy (non-hydrogen) atoms. The van der Waals surface area contributed by atoms with Gasteiger partial charge >= 0.3 is 0 Å². The molecule has 1 saturated heterocycles. The molecule has 148 valence electrons. The van der Waals surface area contributed by atoms with Crippen molar-refractivity contribution in [3.8, 4) is 0 Å². The van der Waals surface area contributed by atoms with Gasteiger partial charge in [0.1, 0.15) is 24.5 Å². The second kappa shape index (κ2) is 8.22. The normalized spacial score (nSPS) is 16.2. The standard InChI is InChI=1S/C21H20FN5O2/c22-17-7-5-15(6-8-17)11-26-10-9-19(21(26)29)25-20(28)18-4-2-1-3-16(18)12-27-14-23-13-24-27/h1-8,13-14,19H,9-12H2,(H,25,28)/t19-/m1/s1. The van der Waals surface area contributed by atoms with Crippen LogP contribution in [0.3, 0.4) is 0 Å². The Labute approximate surface area is 167 Å². The molecule has 0 spiro atoms. The van der Waals surface area contributed by atoms with E-state index < -0.39 is 6.04 Å². The van der Waals surface area contributed by atoms with E-state index in [4.69, 9.17) is 0 Å². The molecule has 1 aliphatic heterocycles. The number of hydrogen-bond donors (Lipinski definition) is 1. The van der Waals surface area contributed by atoms with Crippen molar-refractivity contribution in [1.29, 1.82) is 0 Å². The summed E-state index contributed by atoms with van der Waals surface area (Å²) in [5.41, 5.74) is 2.15. The summed E-state index contributed by atoms with van der Waals surface area (Å²) < 4.78 is 14.7. The van der Waals surface area contributed by atoms with Gasteiger partial charge < -0.3 is 10.2 Å². The Kier molecular flexibility index (Phi) is 5.33. The van der Waals surface area contributed by atoms with Crippen LogP contribution in [0, 0.1) is 5.82 Å². The fourth-order valence-electron chi connectivity index (χ4n) is 3.44. The molecule has 1 N–H and O–H groups in total. The van der Waals surface area contributed by atoms with Gasteiger partial charge in [-0.3, -0.25) is 9.59 Å². The summed E-state index contributed by atoms with van der Waals surface area (Å²) >= 11 is 0. The first-order valence-electron chi connectivity index (χ1n) is 9.34. The molecule has 1 atom stereocenters. The first-order chi connectivity index (χ1) is 14.1. The number of halogens is 1. The van der Waals surface area contributed by atoms with Crippen LogP contribution in [0.25, 0.3) is 0 Å². The summed E-state index contributed by atoms with van der Waals surface area (Å²) in [6, 6.07) is 12.7. The smallest absolute Gasteiger partial charge is 0.252 e. The third kappa shape index (κ3) is 4.31. The number of hydrogen-bond acceptors (Lipinski definition) is 4. The zero-order chi connectivity index (χ0) is 20.2. The van der Waals surface area contributed by atoms with Gasteiger partial charge in [-0.25, -0.2) is 14.1 Å². The Morgan fingerprint density at radius 3 is 2.69 bits per heavy atom. The van der Waals surface area contributed by atoms with Crippen LogP contribution in [0.5, 0.6) is 0 Å². The zero-order valence-corrected chi connectivity index (χ0v) is 15.7. The maximum atomic E-state index is 13.1. The average Bonchev–Trinajstić information content (AvgIpc) is 3.35. The highest BCUT2D eigenvalue weighted by Crippen LogP contribution is 2.17. The summed E-state index contributed by atoms with van der Waals surface area (Å²) in [6.07, 6.45) is 3.56. The van der Waals surface area contributed by atoms with E-state index in [1.807, 2.05) is 12.1 Å². The van der Waals surface area contributed by atoms with Gasteiger partial charge in [-0.2, -0.15) is 5.10 Å². The molecular formula is C21H20FN5O2. The average molecular weight is 393 g/mol. The van der Waals surface area contributed by atoms with Crippen LogP contribution in [0.15, 0.2) is 61.2 Å². The molecule has 3 aromatic rings. The number of nitrogens with zero attached hydrogens (tertiary/aromatic N) is 4. The van der Waals surface area contributed by atoms with E-state index in [-0.39, 0.29) is 17.6 Å². The molecule has 0 saturated carbocycles. The number of rotatable bonds is 6. The lowest BCUT2D eigenvalue weighted by atomic mass is 10.1. The van der Waals surface area contributed by atoms with Crippen molar-refractivity contribution in [2.45, 2.75) is 25.6 Å². The summed E-state index contributed by atoms with van der Waals surface area (Å²) in [6.45, 7) is 1.36. The van der Waals surface area contributed by atoms with Crippen molar-refractivity contribution >= 4 is 11.8 Å². The molecule has 0 unspecified atom stereocenters. The van der Waals surface area contributed by atoms with Crippen molar-refractivity contribution in [2.24, 2.45) is 0 Å². The summed E-state index contributed by atoms with van der Waals surface area (Å²) in [4.78, 5) is 31.1. The molecule has 0 aliphatic carbocycles. The predicted molar refractivity (Wildman–Crippen MR) is 103 cm³/mol. The van der Waals surface area contributed by atoms with Gasteiger partial charge in [-0.15, -0.1) is 0 Å². The van der Waals surface area contributed by atoms with E-state index in [0.717, 1.165) is 11.1 Å². The first kappa shape index (κ1) is 18.8. The highest BCUT2D eigenvalue weighted by Gasteiger charge is 2.33. The second-order valence-corrected chi connectivity index (χ2v) is 6.95. The molecule has 1 fully saturated rings. The van der Waals surface area contributed by atoms with Gasteiger partial charge in [0.25, 0.3) is 5.91 Å². The number of likely N-dealkylation sites (tertiary alicyclic amines) is 1. The molecule has 0 radical (unpaired) electrons. The fourth-order valence-corrected chi connectivity index (χ4v) is 3.44. The number of carbonyl (C=O) groups excluding carboxylic acids is 2. The number of amides is 2. The number of nitrogens with one attached hydrogen (secondary N) is 1. The Hall–Kier alpha value is -3.55. The third-order valence-electron chi connectivity index (χ3n) is 4.95. The van der Waals surface area contributed by atoms with Crippen molar-refractivity contribution in [2.75, 3.05) is 6.54 Å². The van der Waals surface area contributed by atoms with E-state index in [0.29, 0.717) is 31.6 Å². The minimum atomic E-state index is -0.567. The van der Waals surface area contributed by atoms with E-state index in [1.165, 1.54) is 18.5 Å². The molecule has 7 nitrogen and oxygen atoms in total. The monoisotopic (exact) mass is 393 g/mol. The van der Waals surface area contributed by atoms with Gasteiger partial charge in [-0.1, -0.05) is 30.3 Å². The van der Waals surface area contributed by atoms with E-state index in [9.17, 15) is 14.0 Å². The van der Waals surface area contributed by atoms with Crippen molar-refractivity contribution < 1.29 is 14.0 Å². The summed E-state index contributed by atoms with van der Waals surface area (Å²) in [5, 5.41) is 6.93. The van der Waals surface area contributed by atoms with Crippen LogP contribution in [0.4, 0.5) is 4.39 Å². The fraction of sp³-hybridized carbons (Fsp3) is 0.238. The lowest BCUT2D eigenvalue weighted by Crippen LogP contribution is -2.41. The lowest BCUT2D eigenvalue weighted by molar-refractivity contribution is -0.129. The van der Waals surface area contributed by atoms with Crippen LogP contribution in [0.2, 0.25) is 0 Å². The topological polar surface area (TPSA) is 80.1 Å². The van der Waals surface area contributed by atoms with Crippen molar-refractivity contribution in [3.05, 3.63) is 83.7 Å². The maximum absolute atomic E-state index is 13.1. The molecule has 2 heterocycles. The van der Waals surface area contributed by atoms with E-state index in [2.05, 4.69) is 15.4 Å². The third-order valence-corrected chi connectivity index (χ3v) is 4.95. The van der Waals surface area contributed by atoms with Crippen molar-refractivity contribution in [3.63, 3.8) is 0 Å². The molecule has 8 heteroatoms. The largest absolute Gasteiger partial charge is 0.340 e. The maximum Gasteiger partial charge on any atom is 0.252 e. The quantitative estimate of drug-likeness (QED) is 0.695. The molecule has 2 amide bonds. The number of benzene rings is 2. The molecule has 0 bridgehead atoms. The van der Waals surface area contributed by atoms with Gasteiger partial charge in [0.2, 0.25) is 5.91 Å². The van der Waals surface area contributed by atoms with E-state index >= 15 is 0 Å². The Morgan fingerprint density at radius 2 is 1.93 bits per heavy atom. The molecule has 2 aromatic carbocycles. The lowest BCUT2D eigenvalue weighted by Gasteiger charge is -2.18. The molecule has 1 aliphatic rings. The Morgan fingerprint density at radius 1 is 1.14 bits per heavy atom. The van der Waals surface area contributed by atoms with Crippen LogP contribution in [-0.2, 0) is 17.9 Å². The molecular weight excluding hydrogens is 373 g/mol. The second-order valence-electron chi connectivity index (χ2n) is 6.95.